The highest BCUT2D eigenvalue weighted by molar-refractivity contribution is 5.78. The number of carbonyl (C=O) groups excluding carboxylic acids is 2. The smallest absolute Gasteiger partial charge is 0.311 e. The van der Waals surface area contributed by atoms with Crippen molar-refractivity contribution in [3.63, 3.8) is 0 Å². The summed E-state index contributed by atoms with van der Waals surface area (Å²) >= 11 is 0. The summed E-state index contributed by atoms with van der Waals surface area (Å²) in [6.45, 7) is 2.49. The number of allylic oxidation sites excluding steroid dienone is 2. The topological polar surface area (TPSA) is 90.7 Å². The van der Waals surface area contributed by atoms with Crippen molar-refractivity contribution in [2.75, 3.05) is 13.7 Å². The standard InChI is InChI=1S/C28H36N2O4/c1-3-25(20-24(29)21-28(32)33-2)30-27(31)18-15-23-13-16-26(17-14-23)34-19-9-5-8-12-22-10-6-4-7-11-22/h3-4,6-7,10-11,13-14,16-17,20H,5,8-9,12,15,18-19,21,29H2,1-2H3,(H,30,31)/b24-20-,25-3+. The van der Waals surface area contributed by atoms with Crippen LogP contribution < -0.4 is 15.8 Å². The van der Waals surface area contributed by atoms with Gasteiger partial charge in [0.25, 0.3) is 0 Å². The Kier molecular flexibility index (Phi) is 12.0. The molecule has 2 aromatic carbocycles. The van der Waals surface area contributed by atoms with Gasteiger partial charge in [-0.3, -0.25) is 9.59 Å². The van der Waals surface area contributed by atoms with Gasteiger partial charge in [0.05, 0.1) is 20.1 Å². The maximum Gasteiger partial charge on any atom is 0.311 e. The predicted octanol–water partition coefficient (Wildman–Crippen LogP) is 4.84. The maximum atomic E-state index is 12.3. The Hall–Kier alpha value is -3.54. The number of carbonyl (C=O) groups is 2. The van der Waals surface area contributed by atoms with Crippen LogP contribution in [0.3, 0.4) is 0 Å². The number of esters is 1. The van der Waals surface area contributed by atoms with Gasteiger partial charge in [0, 0.05) is 17.8 Å². The van der Waals surface area contributed by atoms with Crippen LogP contribution in [0, 0.1) is 0 Å². The van der Waals surface area contributed by atoms with E-state index in [1.807, 2.05) is 30.3 Å². The van der Waals surface area contributed by atoms with Gasteiger partial charge in [-0.1, -0.05) is 48.5 Å². The van der Waals surface area contributed by atoms with Gasteiger partial charge < -0.3 is 20.5 Å². The second-order valence-corrected chi connectivity index (χ2v) is 8.05. The molecule has 2 rings (SSSR count). The molecule has 2 aromatic rings. The summed E-state index contributed by atoms with van der Waals surface area (Å²) < 4.78 is 10.4. The molecule has 0 saturated heterocycles. The van der Waals surface area contributed by atoms with Gasteiger partial charge in [-0.05, 0) is 68.4 Å². The Morgan fingerprint density at radius 1 is 0.941 bits per heavy atom. The summed E-state index contributed by atoms with van der Waals surface area (Å²) in [5.41, 5.74) is 9.15. The van der Waals surface area contributed by atoms with Crippen LogP contribution in [0.5, 0.6) is 5.75 Å². The van der Waals surface area contributed by atoms with Crippen LogP contribution in [0.2, 0.25) is 0 Å². The van der Waals surface area contributed by atoms with Gasteiger partial charge in [0.2, 0.25) is 5.91 Å². The number of hydrogen-bond acceptors (Lipinski definition) is 5. The van der Waals surface area contributed by atoms with Gasteiger partial charge >= 0.3 is 5.97 Å². The first-order valence-electron chi connectivity index (χ1n) is 11.7. The zero-order valence-corrected chi connectivity index (χ0v) is 20.2. The van der Waals surface area contributed by atoms with Crippen molar-refractivity contribution in [3.8, 4) is 5.75 Å². The van der Waals surface area contributed by atoms with Gasteiger partial charge in [-0.25, -0.2) is 0 Å². The molecular weight excluding hydrogens is 428 g/mol. The fraction of sp³-hybridized carbons (Fsp3) is 0.357. The minimum Gasteiger partial charge on any atom is -0.494 e. The SMILES string of the molecule is C/C=C(\C=C(/N)CC(=O)OC)NC(=O)CCc1ccc(OCCCCCc2ccccc2)cc1. The van der Waals surface area contributed by atoms with E-state index in [9.17, 15) is 9.59 Å². The molecule has 0 aromatic heterocycles. The predicted molar refractivity (Wildman–Crippen MR) is 135 cm³/mol. The van der Waals surface area contributed by atoms with E-state index < -0.39 is 5.97 Å². The van der Waals surface area contributed by atoms with E-state index in [4.69, 9.17) is 10.5 Å². The lowest BCUT2D eigenvalue weighted by molar-refractivity contribution is -0.139. The number of unbranched alkanes of at least 4 members (excludes halogenated alkanes) is 2. The number of aryl methyl sites for hydroxylation is 2. The van der Waals surface area contributed by atoms with E-state index in [2.05, 4.69) is 34.3 Å². The minimum atomic E-state index is -0.425. The number of methoxy groups -OCH3 is 1. The first kappa shape index (κ1) is 26.7. The average molecular weight is 465 g/mol. The highest BCUT2D eigenvalue weighted by Gasteiger charge is 2.07. The van der Waals surface area contributed by atoms with Gasteiger partial charge in [-0.15, -0.1) is 0 Å². The highest BCUT2D eigenvalue weighted by atomic mass is 16.5. The molecule has 1 amide bonds. The number of ether oxygens (including phenoxy) is 2. The van der Waals surface area contributed by atoms with Crippen LogP contribution in [-0.2, 0) is 27.2 Å². The average Bonchev–Trinajstić information content (AvgIpc) is 2.85. The zero-order chi connectivity index (χ0) is 24.6. The van der Waals surface area contributed by atoms with Gasteiger partial charge in [0.15, 0.2) is 0 Å². The molecule has 0 heterocycles. The van der Waals surface area contributed by atoms with E-state index in [0.29, 0.717) is 30.8 Å². The number of amides is 1. The first-order valence-corrected chi connectivity index (χ1v) is 11.7. The van der Waals surface area contributed by atoms with Crippen LogP contribution in [-0.4, -0.2) is 25.6 Å². The maximum absolute atomic E-state index is 12.3. The lowest BCUT2D eigenvalue weighted by Gasteiger charge is -2.09. The fourth-order valence-electron chi connectivity index (χ4n) is 3.36. The Morgan fingerprint density at radius 3 is 2.32 bits per heavy atom. The molecule has 3 N–H and O–H groups in total. The molecule has 0 spiro atoms. The molecule has 0 unspecified atom stereocenters. The molecule has 0 aliphatic carbocycles. The van der Waals surface area contributed by atoms with Crippen LogP contribution in [0.15, 0.2) is 78.1 Å². The number of rotatable bonds is 14. The quantitative estimate of drug-likeness (QED) is 0.237. The number of nitrogens with one attached hydrogen (secondary N) is 1. The zero-order valence-electron chi connectivity index (χ0n) is 20.2. The summed E-state index contributed by atoms with van der Waals surface area (Å²) in [5, 5.41) is 2.81. The van der Waals surface area contributed by atoms with Crippen LogP contribution in [0.25, 0.3) is 0 Å². The number of benzene rings is 2. The van der Waals surface area contributed by atoms with Crippen molar-refractivity contribution in [2.45, 2.75) is 51.9 Å². The lowest BCUT2D eigenvalue weighted by Crippen LogP contribution is -2.23. The van der Waals surface area contributed by atoms with E-state index in [-0.39, 0.29) is 12.3 Å². The minimum absolute atomic E-state index is 0.0220. The molecule has 6 nitrogen and oxygen atoms in total. The molecule has 0 saturated carbocycles. The van der Waals surface area contributed by atoms with Crippen LogP contribution in [0.1, 0.15) is 50.2 Å². The molecule has 182 valence electrons. The summed E-state index contributed by atoms with van der Waals surface area (Å²) in [5.74, 6) is 0.302. The molecule has 34 heavy (non-hydrogen) atoms. The third kappa shape index (κ3) is 10.9. The monoisotopic (exact) mass is 464 g/mol. The first-order chi connectivity index (χ1) is 16.5. The second-order valence-electron chi connectivity index (χ2n) is 8.05. The van der Waals surface area contributed by atoms with Crippen LogP contribution >= 0.6 is 0 Å². The molecular formula is C28H36N2O4. The molecule has 0 bridgehead atoms. The Morgan fingerprint density at radius 2 is 1.65 bits per heavy atom. The van der Waals surface area contributed by atoms with Crippen molar-refractivity contribution in [1.29, 1.82) is 0 Å². The molecule has 0 fully saturated rings. The summed E-state index contributed by atoms with van der Waals surface area (Å²) in [7, 11) is 1.31. The van der Waals surface area contributed by atoms with Crippen molar-refractivity contribution < 1.29 is 19.1 Å². The largest absolute Gasteiger partial charge is 0.494 e. The molecule has 0 radical (unpaired) electrons. The molecule has 0 aliphatic heterocycles. The number of nitrogens with two attached hydrogens (primary N) is 1. The third-order valence-corrected chi connectivity index (χ3v) is 5.30. The summed E-state index contributed by atoms with van der Waals surface area (Å²) in [4.78, 5) is 23.6. The van der Waals surface area contributed by atoms with E-state index in [1.165, 1.54) is 12.7 Å². The highest BCUT2D eigenvalue weighted by Crippen LogP contribution is 2.15. The van der Waals surface area contributed by atoms with E-state index >= 15 is 0 Å². The Bertz CT molecular complexity index is 950. The lowest BCUT2D eigenvalue weighted by atomic mass is 10.1. The van der Waals surface area contributed by atoms with Crippen molar-refractivity contribution in [1.82, 2.24) is 5.32 Å². The van der Waals surface area contributed by atoms with Crippen molar-refractivity contribution in [3.05, 3.63) is 89.3 Å². The van der Waals surface area contributed by atoms with Gasteiger partial charge in [0.1, 0.15) is 5.75 Å². The van der Waals surface area contributed by atoms with E-state index in [1.54, 1.807) is 19.1 Å². The van der Waals surface area contributed by atoms with Crippen molar-refractivity contribution >= 4 is 11.9 Å². The summed E-state index contributed by atoms with van der Waals surface area (Å²) in [6, 6.07) is 18.4. The number of hydrogen-bond donors (Lipinski definition) is 2. The van der Waals surface area contributed by atoms with Crippen molar-refractivity contribution in [2.24, 2.45) is 5.73 Å². The van der Waals surface area contributed by atoms with Gasteiger partial charge in [-0.2, -0.15) is 0 Å². The normalized spacial score (nSPS) is 11.7. The molecule has 0 atom stereocenters. The molecule has 6 heteroatoms. The summed E-state index contributed by atoms with van der Waals surface area (Å²) in [6.07, 6.45) is 8.67. The Labute approximate surface area is 202 Å². The van der Waals surface area contributed by atoms with Crippen LogP contribution in [0.4, 0.5) is 0 Å². The Balaban J connectivity index is 1.65. The van der Waals surface area contributed by atoms with E-state index in [0.717, 1.165) is 37.0 Å². The third-order valence-electron chi connectivity index (χ3n) is 5.30. The fourth-order valence-corrected chi connectivity index (χ4v) is 3.36. The second kappa shape index (κ2) is 15.3. The molecule has 0 aliphatic rings.